The minimum Gasteiger partial charge on any atom is -0.497 e. The Morgan fingerprint density at radius 3 is 2.19 bits per heavy atom. The van der Waals surface area contributed by atoms with Crippen LogP contribution in [0.15, 0.2) is 71.6 Å². The molecule has 0 bridgehead atoms. The molecular weight excluding hydrogens is 601 g/mol. The molecule has 9 nitrogen and oxygen atoms in total. The zero-order valence-electron chi connectivity index (χ0n) is 24.1. The Morgan fingerprint density at radius 2 is 1.60 bits per heavy atom. The zero-order chi connectivity index (χ0) is 31.0. The number of ether oxygens (including phenoxy) is 2. The van der Waals surface area contributed by atoms with E-state index in [-0.39, 0.29) is 34.7 Å². The van der Waals surface area contributed by atoms with Crippen molar-refractivity contribution in [1.29, 1.82) is 0 Å². The topological polar surface area (TPSA) is 105 Å². The van der Waals surface area contributed by atoms with E-state index in [2.05, 4.69) is 5.32 Å². The number of para-hydroxylation sites is 2. The minimum absolute atomic E-state index is 0.0583. The molecule has 2 amide bonds. The number of nitrogens with one attached hydrogen (secondary N) is 1. The van der Waals surface area contributed by atoms with E-state index < -0.39 is 28.5 Å². The van der Waals surface area contributed by atoms with Crippen molar-refractivity contribution in [3.8, 4) is 11.5 Å². The summed E-state index contributed by atoms with van der Waals surface area (Å²) in [5.41, 5.74) is 0.699. The first-order chi connectivity index (χ1) is 19.9. The molecule has 42 heavy (non-hydrogen) atoms. The van der Waals surface area contributed by atoms with Crippen molar-refractivity contribution < 1.29 is 27.5 Å². The van der Waals surface area contributed by atoms with E-state index >= 15 is 0 Å². The van der Waals surface area contributed by atoms with Crippen molar-refractivity contribution in [2.45, 2.75) is 38.3 Å². The fourth-order valence-electron chi connectivity index (χ4n) is 4.09. The summed E-state index contributed by atoms with van der Waals surface area (Å²) in [6.07, 6.45) is 0. The summed E-state index contributed by atoms with van der Waals surface area (Å²) in [6, 6.07) is 16.2. The van der Waals surface area contributed by atoms with Gasteiger partial charge in [0, 0.05) is 23.1 Å². The van der Waals surface area contributed by atoms with E-state index in [4.69, 9.17) is 32.7 Å². The number of carbonyl (C=O) groups excluding carboxylic acids is 2. The molecule has 0 aliphatic carbocycles. The summed E-state index contributed by atoms with van der Waals surface area (Å²) in [7, 11) is -1.40. The Labute approximate surface area is 257 Å². The molecule has 3 aromatic carbocycles. The second kappa shape index (κ2) is 14.6. The maximum absolute atomic E-state index is 14.1. The van der Waals surface area contributed by atoms with E-state index in [0.29, 0.717) is 27.9 Å². The lowest BCUT2D eigenvalue weighted by Crippen LogP contribution is -2.51. The van der Waals surface area contributed by atoms with Crippen molar-refractivity contribution in [3.05, 3.63) is 82.3 Å². The molecule has 226 valence electrons. The Morgan fingerprint density at radius 1 is 0.929 bits per heavy atom. The van der Waals surface area contributed by atoms with Crippen LogP contribution in [0.1, 0.15) is 26.3 Å². The number of amides is 2. The first-order valence-corrected chi connectivity index (χ1v) is 15.4. The number of carbonyl (C=O) groups is 2. The fourth-order valence-corrected chi connectivity index (χ4v) is 5.99. The molecule has 0 saturated heterocycles. The SMILES string of the molecule is COc1ccc(S(=O)(=O)N(CC(=O)N(Cc2ccc(Cl)cc2Cl)[C@@H](C)C(=O)NCC(C)C)c2ccccc2OC)cc1. The predicted octanol–water partition coefficient (Wildman–Crippen LogP) is 5.40. The van der Waals surface area contributed by atoms with E-state index in [1.165, 1.54) is 43.4 Å². The lowest BCUT2D eigenvalue weighted by molar-refractivity contribution is -0.139. The van der Waals surface area contributed by atoms with Crippen LogP contribution in [0.3, 0.4) is 0 Å². The van der Waals surface area contributed by atoms with Crippen LogP contribution in [0, 0.1) is 5.92 Å². The first kappa shape index (κ1) is 33.0. The van der Waals surface area contributed by atoms with Crippen molar-refractivity contribution in [2.24, 2.45) is 5.92 Å². The average molecular weight is 637 g/mol. The van der Waals surface area contributed by atoms with Crippen LogP contribution in [-0.4, -0.2) is 58.5 Å². The summed E-state index contributed by atoms with van der Waals surface area (Å²) in [4.78, 5) is 28.5. The molecule has 0 saturated carbocycles. The van der Waals surface area contributed by atoms with Gasteiger partial charge in [-0.3, -0.25) is 13.9 Å². The highest BCUT2D eigenvalue weighted by Crippen LogP contribution is 2.33. The van der Waals surface area contributed by atoms with Gasteiger partial charge in [0.1, 0.15) is 24.1 Å². The van der Waals surface area contributed by atoms with E-state index in [0.717, 1.165) is 4.31 Å². The van der Waals surface area contributed by atoms with Crippen molar-refractivity contribution >= 4 is 50.7 Å². The molecule has 0 aliphatic heterocycles. The molecule has 1 atom stereocenters. The third-order valence-corrected chi connectivity index (χ3v) is 8.85. The molecule has 12 heteroatoms. The number of sulfonamides is 1. The third kappa shape index (κ3) is 8.08. The standard InChI is InChI=1S/C30H35Cl2N3O6S/c1-20(2)17-33-30(37)21(3)34(18-22-10-11-23(31)16-26(22)32)29(36)19-35(27-8-6-7-9-28(27)41-5)42(38,39)25-14-12-24(40-4)13-15-25/h6-16,20-21H,17-19H2,1-5H3,(H,33,37)/t21-/m0/s1. The van der Waals surface area contributed by atoms with Crippen LogP contribution in [0.4, 0.5) is 5.69 Å². The Hall–Kier alpha value is -3.47. The minimum atomic E-state index is -4.29. The first-order valence-electron chi connectivity index (χ1n) is 13.2. The van der Waals surface area contributed by atoms with Gasteiger partial charge >= 0.3 is 0 Å². The van der Waals surface area contributed by atoms with E-state index in [1.807, 2.05) is 13.8 Å². The van der Waals surface area contributed by atoms with Crippen LogP contribution in [0.25, 0.3) is 0 Å². The summed E-state index contributed by atoms with van der Waals surface area (Å²) in [5, 5.41) is 3.57. The van der Waals surface area contributed by atoms with Gasteiger partial charge in [0.05, 0.1) is 24.8 Å². The van der Waals surface area contributed by atoms with Gasteiger partial charge in [-0.25, -0.2) is 8.42 Å². The number of benzene rings is 3. The van der Waals surface area contributed by atoms with Gasteiger partial charge in [-0.2, -0.15) is 0 Å². The number of hydrogen-bond acceptors (Lipinski definition) is 6. The second-order valence-corrected chi connectivity index (χ2v) is 12.6. The third-order valence-electron chi connectivity index (χ3n) is 6.49. The van der Waals surface area contributed by atoms with E-state index in [9.17, 15) is 18.0 Å². The van der Waals surface area contributed by atoms with Crippen LogP contribution < -0.4 is 19.1 Å². The van der Waals surface area contributed by atoms with Gasteiger partial charge in [-0.05, 0) is 66.9 Å². The van der Waals surface area contributed by atoms with Crippen LogP contribution >= 0.6 is 23.2 Å². The normalized spacial score (nSPS) is 12.0. The van der Waals surface area contributed by atoms with Crippen LogP contribution in [0.5, 0.6) is 11.5 Å². The number of halogens is 2. The highest BCUT2D eigenvalue weighted by Gasteiger charge is 2.34. The lowest BCUT2D eigenvalue weighted by Gasteiger charge is -2.32. The monoisotopic (exact) mass is 635 g/mol. The number of hydrogen-bond donors (Lipinski definition) is 1. The maximum Gasteiger partial charge on any atom is 0.264 e. The Bertz CT molecular complexity index is 1500. The largest absolute Gasteiger partial charge is 0.497 e. The molecule has 0 aromatic heterocycles. The van der Waals surface area contributed by atoms with Gasteiger partial charge in [0.25, 0.3) is 10.0 Å². The maximum atomic E-state index is 14.1. The predicted molar refractivity (Wildman–Crippen MR) is 165 cm³/mol. The number of anilines is 1. The molecule has 0 unspecified atom stereocenters. The molecule has 0 aliphatic rings. The van der Waals surface area contributed by atoms with Gasteiger partial charge in [-0.15, -0.1) is 0 Å². The van der Waals surface area contributed by atoms with Crippen LogP contribution in [-0.2, 0) is 26.2 Å². The van der Waals surface area contributed by atoms with Crippen molar-refractivity contribution in [1.82, 2.24) is 10.2 Å². The van der Waals surface area contributed by atoms with Gasteiger partial charge in [0.2, 0.25) is 11.8 Å². The zero-order valence-corrected chi connectivity index (χ0v) is 26.5. The summed E-state index contributed by atoms with van der Waals surface area (Å²) >= 11 is 12.5. The molecule has 0 radical (unpaired) electrons. The van der Waals surface area contributed by atoms with Crippen molar-refractivity contribution in [3.63, 3.8) is 0 Å². The molecule has 3 rings (SSSR count). The average Bonchev–Trinajstić information content (AvgIpc) is 2.97. The summed E-state index contributed by atoms with van der Waals surface area (Å²) < 4.78 is 39.7. The molecule has 0 spiro atoms. The Balaban J connectivity index is 2.07. The highest BCUT2D eigenvalue weighted by atomic mass is 35.5. The number of rotatable bonds is 13. The molecule has 1 N–H and O–H groups in total. The second-order valence-electron chi connectivity index (χ2n) is 9.93. The lowest BCUT2D eigenvalue weighted by atomic mass is 10.1. The van der Waals surface area contributed by atoms with Gasteiger partial charge < -0.3 is 19.7 Å². The Kier molecular flexibility index (Phi) is 11.5. The number of methoxy groups -OCH3 is 2. The van der Waals surface area contributed by atoms with E-state index in [1.54, 1.807) is 49.4 Å². The fraction of sp³-hybridized carbons (Fsp3) is 0.333. The summed E-state index contributed by atoms with van der Waals surface area (Å²) in [5.74, 6) is -0.106. The summed E-state index contributed by atoms with van der Waals surface area (Å²) in [6.45, 7) is 5.22. The molecule has 0 heterocycles. The number of nitrogens with zero attached hydrogens (tertiary/aromatic N) is 2. The van der Waals surface area contributed by atoms with Gasteiger partial charge in [0.15, 0.2) is 0 Å². The van der Waals surface area contributed by atoms with Crippen LogP contribution in [0.2, 0.25) is 10.0 Å². The molecular formula is C30H35Cl2N3O6S. The van der Waals surface area contributed by atoms with Crippen molar-refractivity contribution in [2.75, 3.05) is 31.6 Å². The quantitative estimate of drug-likeness (QED) is 0.270. The smallest absolute Gasteiger partial charge is 0.264 e. The molecule has 3 aromatic rings. The highest BCUT2D eigenvalue weighted by molar-refractivity contribution is 7.92. The molecule has 0 fully saturated rings. The van der Waals surface area contributed by atoms with Gasteiger partial charge in [-0.1, -0.05) is 55.2 Å².